The summed E-state index contributed by atoms with van der Waals surface area (Å²) in [5.41, 5.74) is 2.07. The van der Waals surface area contributed by atoms with Crippen molar-refractivity contribution in [2.24, 2.45) is 0 Å². The molecule has 2 rings (SSSR count). The average molecular weight is 280 g/mol. The molecule has 0 spiro atoms. The van der Waals surface area contributed by atoms with Crippen molar-refractivity contribution in [1.82, 2.24) is 9.88 Å². The SMILES string of the molecule is CCN(Cc1c(CO)cnc(C)c1O)CC1CCCO1. The zero-order chi connectivity index (χ0) is 14.5. The van der Waals surface area contributed by atoms with E-state index in [4.69, 9.17) is 4.74 Å². The van der Waals surface area contributed by atoms with E-state index in [0.717, 1.165) is 38.1 Å². The minimum Gasteiger partial charge on any atom is -0.506 e. The van der Waals surface area contributed by atoms with Crippen LogP contribution >= 0.6 is 0 Å². The first-order chi connectivity index (χ1) is 9.65. The number of hydrogen-bond acceptors (Lipinski definition) is 5. The van der Waals surface area contributed by atoms with Crippen molar-refractivity contribution in [2.75, 3.05) is 19.7 Å². The molecule has 1 aliphatic rings. The number of ether oxygens (including phenoxy) is 1. The molecule has 0 radical (unpaired) electrons. The van der Waals surface area contributed by atoms with Crippen LogP contribution in [0.3, 0.4) is 0 Å². The van der Waals surface area contributed by atoms with Crippen molar-refractivity contribution in [1.29, 1.82) is 0 Å². The number of aromatic hydroxyl groups is 1. The van der Waals surface area contributed by atoms with E-state index in [9.17, 15) is 10.2 Å². The Bertz CT molecular complexity index is 445. The molecule has 0 aromatic carbocycles. The second-order valence-corrected chi connectivity index (χ2v) is 5.32. The molecule has 5 nitrogen and oxygen atoms in total. The average Bonchev–Trinajstić information content (AvgIpc) is 2.96. The van der Waals surface area contributed by atoms with Gasteiger partial charge in [-0.1, -0.05) is 6.92 Å². The van der Waals surface area contributed by atoms with Crippen molar-refractivity contribution < 1.29 is 14.9 Å². The number of rotatable bonds is 6. The van der Waals surface area contributed by atoms with E-state index in [1.807, 2.05) is 0 Å². The van der Waals surface area contributed by atoms with Crippen LogP contribution < -0.4 is 0 Å². The van der Waals surface area contributed by atoms with Gasteiger partial charge in [0.25, 0.3) is 0 Å². The monoisotopic (exact) mass is 280 g/mol. The highest BCUT2D eigenvalue weighted by Gasteiger charge is 2.20. The zero-order valence-corrected chi connectivity index (χ0v) is 12.3. The summed E-state index contributed by atoms with van der Waals surface area (Å²) in [6, 6.07) is 0. The van der Waals surface area contributed by atoms with E-state index in [1.54, 1.807) is 13.1 Å². The quantitative estimate of drug-likeness (QED) is 0.828. The lowest BCUT2D eigenvalue weighted by molar-refractivity contribution is 0.0720. The van der Waals surface area contributed by atoms with Crippen LogP contribution in [-0.2, 0) is 17.9 Å². The van der Waals surface area contributed by atoms with Gasteiger partial charge in [-0.25, -0.2) is 0 Å². The van der Waals surface area contributed by atoms with Gasteiger partial charge in [0.15, 0.2) is 0 Å². The van der Waals surface area contributed by atoms with Crippen LogP contribution in [0.1, 0.15) is 36.6 Å². The van der Waals surface area contributed by atoms with Crippen molar-refractivity contribution in [3.8, 4) is 5.75 Å². The minimum absolute atomic E-state index is 0.104. The summed E-state index contributed by atoms with van der Waals surface area (Å²) in [7, 11) is 0. The van der Waals surface area contributed by atoms with Crippen LogP contribution in [0.15, 0.2) is 6.20 Å². The highest BCUT2D eigenvalue weighted by atomic mass is 16.5. The van der Waals surface area contributed by atoms with Gasteiger partial charge in [0.1, 0.15) is 5.75 Å². The van der Waals surface area contributed by atoms with Gasteiger partial charge >= 0.3 is 0 Å². The van der Waals surface area contributed by atoms with Crippen molar-refractivity contribution >= 4 is 0 Å². The fourth-order valence-electron chi connectivity index (χ4n) is 2.60. The number of hydrogen-bond donors (Lipinski definition) is 2. The summed E-state index contributed by atoms with van der Waals surface area (Å²) >= 11 is 0. The number of nitrogens with zero attached hydrogens (tertiary/aromatic N) is 2. The minimum atomic E-state index is -0.104. The topological polar surface area (TPSA) is 65.8 Å². The highest BCUT2D eigenvalue weighted by molar-refractivity contribution is 5.40. The molecule has 1 atom stereocenters. The first-order valence-corrected chi connectivity index (χ1v) is 7.26. The fourth-order valence-corrected chi connectivity index (χ4v) is 2.60. The van der Waals surface area contributed by atoms with Gasteiger partial charge in [-0.3, -0.25) is 9.88 Å². The summed E-state index contributed by atoms with van der Waals surface area (Å²) in [6.07, 6.45) is 4.16. The maximum Gasteiger partial charge on any atom is 0.141 e. The molecule has 0 saturated carbocycles. The molecule has 1 aliphatic heterocycles. The maximum atomic E-state index is 10.2. The van der Waals surface area contributed by atoms with E-state index in [-0.39, 0.29) is 18.5 Å². The lowest BCUT2D eigenvalue weighted by Gasteiger charge is -2.25. The second-order valence-electron chi connectivity index (χ2n) is 5.32. The molecule has 20 heavy (non-hydrogen) atoms. The summed E-state index contributed by atoms with van der Waals surface area (Å²) in [6.45, 7) is 6.97. The van der Waals surface area contributed by atoms with Crippen molar-refractivity contribution in [2.45, 2.75) is 45.9 Å². The Morgan fingerprint density at radius 2 is 2.30 bits per heavy atom. The highest BCUT2D eigenvalue weighted by Crippen LogP contribution is 2.26. The van der Waals surface area contributed by atoms with Crippen molar-refractivity contribution in [3.63, 3.8) is 0 Å². The third-order valence-electron chi connectivity index (χ3n) is 3.92. The Morgan fingerprint density at radius 3 is 2.90 bits per heavy atom. The van der Waals surface area contributed by atoms with Gasteiger partial charge in [-0.2, -0.15) is 0 Å². The Balaban J connectivity index is 2.11. The van der Waals surface area contributed by atoms with E-state index in [0.29, 0.717) is 17.8 Å². The summed E-state index contributed by atoms with van der Waals surface area (Å²) in [4.78, 5) is 6.33. The van der Waals surface area contributed by atoms with Gasteiger partial charge in [0.05, 0.1) is 18.4 Å². The van der Waals surface area contributed by atoms with E-state index >= 15 is 0 Å². The molecule has 1 unspecified atom stereocenters. The van der Waals surface area contributed by atoms with Crippen LogP contribution in [0.2, 0.25) is 0 Å². The van der Waals surface area contributed by atoms with Gasteiger partial charge < -0.3 is 14.9 Å². The Kier molecular flexibility index (Phi) is 5.34. The predicted octanol–water partition coefficient (Wildman–Crippen LogP) is 1.59. The first kappa shape index (κ1) is 15.2. The summed E-state index contributed by atoms with van der Waals surface area (Å²) in [5, 5.41) is 19.6. The van der Waals surface area contributed by atoms with Gasteiger partial charge in [0, 0.05) is 37.0 Å². The number of aliphatic hydroxyl groups is 1. The first-order valence-electron chi connectivity index (χ1n) is 7.26. The zero-order valence-electron chi connectivity index (χ0n) is 12.3. The molecule has 112 valence electrons. The number of aryl methyl sites for hydroxylation is 1. The largest absolute Gasteiger partial charge is 0.506 e. The third-order valence-corrected chi connectivity index (χ3v) is 3.92. The van der Waals surface area contributed by atoms with Crippen LogP contribution in [0, 0.1) is 6.92 Å². The number of likely N-dealkylation sites (N-methyl/N-ethyl adjacent to an activating group) is 1. The normalized spacial score (nSPS) is 18.9. The maximum absolute atomic E-state index is 10.2. The lowest BCUT2D eigenvalue weighted by atomic mass is 10.1. The summed E-state index contributed by atoms with van der Waals surface area (Å²) in [5.74, 6) is 0.197. The molecule has 1 fully saturated rings. The number of pyridine rings is 1. The fraction of sp³-hybridized carbons (Fsp3) is 0.667. The van der Waals surface area contributed by atoms with Gasteiger partial charge in [-0.15, -0.1) is 0 Å². The lowest BCUT2D eigenvalue weighted by Crippen LogP contribution is -2.32. The predicted molar refractivity (Wildman–Crippen MR) is 76.5 cm³/mol. The molecular weight excluding hydrogens is 256 g/mol. The molecule has 5 heteroatoms. The van der Waals surface area contributed by atoms with Gasteiger partial charge in [0.2, 0.25) is 0 Å². The molecule has 2 heterocycles. The Morgan fingerprint density at radius 1 is 1.50 bits per heavy atom. The molecular formula is C15H24N2O3. The number of aliphatic hydroxyl groups excluding tert-OH is 1. The smallest absolute Gasteiger partial charge is 0.141 e. The number of aromatic nitrogens is 1. The van der Waals surface area contributed by atoms with E-state index in [1.165, 1.54) is 0 Å². The van der Waals surface area contributed by atoms with E-state index in [2.05, 4.69) is 16.8 Å². The second kappa shape index (κ2) is 7.02. The Labute approximate surface area is 120 Å². The van der Waals surface area contributed by atoms with Crippen LogP contribution in [-0.4, -0.2) is 45.9 Å². The molecule has 1 aromatic rings. The Hall–Kier alpha value is -1.17. The molecule has 2 N–H and O–H groups in total. The molecule has 1 saturated heterocycles. The summed E-state index contributed by atoms with van der Waals surface area (Å²) < 4.78 is 5.67. The van der Waals surface area contributed by atoms with E-state index < -0.39 is 0 Å². The van der Waals surface area contributed by atoms with Gasteiger partial charge in [-0.05, 0) is 26.3 Å². The van der Waals surface area contributed by atoms with Crippen LogP contribution in [0.5, 0.6) is 5.75 Å². The molecule has 0 bridgehead atoms. The van der Waals surface area contributed by atoms with Crippen LogP contribution in [0.4, 0.5) is 0 Å². The standard InChI is InChI=1S/C15H24N2O3/c1-3-17(8-13-5-4-6-20-13)9-14-12(10-18)7-16-11(2)15(14)19/h7,13,18-19H,3-6,8-10H2,1-2H3. The molecule has 0 amide bonds. The van der Waals surface area contributed by atoms with Crippen LogP contribution in [0.25, 0.3) is 0 Å². The van der Waals surface area contributed by atoms with Crippen molar-refractivity contribution in [3.05, 3.63) is 23.0 Å². The molecule has 0 aliphatic carbocycles. The third kappa shape index (κ3) is 3.48. The molecule has 1 aromatic heterocycles.